The fourth-order valence-corrected chi connectivity index (χ4v) is 3.83. The zero-order chi connectivity index (χ0) is 14.2. The molecule has 2 fully saturated rings. The summed E-state index contributed by atoms with van der Waals surface area (Å²) >= 11 is 3.53. The molecule has 20 heavy (non-hydrogen) atoms. The molecule has 3 rings (SSSR count). The monoisotopic (exact) mass is 336 g/mol. The minimum atomic E-state index is -0.214. The standard InChI is InChI=1S/C16H21BrN2O/c1-16(7-8-18-11-16)15(20)19-9-3-6-14(19)12-4-2-5-13(17)10-12/h2,4-5,10,14,18H,3,6-9,11H2,1H3. The Bertz CT molecular complexity index is 511. The van der Waals surface area contributed by atoms with Gasteiger partial charge in [0.2, 0.25) is 5.91 Å². The Hall–Kier alpha value is -0.870. The number of hydrogen-bond donors (Lipinski definition) is 1. The Morgan fingerprint density at radius 1 is 1.50 bits per heavy atom. The van der Waals surface area contributed by atoms with Crippen LogP contribution in [-0.2, 0) is 4.79 Å². The molecule has 0 aromatic heterocycles. The molecule has 2 unspecified atom stereocenters. The molecule has 1 N–H and O–H groups in total. The molecule has 2 heterocycles. The van der Waals surface area contributed by atoms with Crippen molar-refractivity contribution < 1.29 is 4.79 Å². The Morgan fingerprint density at radius 3 is 3.05 bits per heavy atom. The second-order valence-corrected chi connectivity index (χ2v) is 7.11. The van der Waals surface area contributed by atoms with Crippen LogP contribution < -0.4 is 5.32 Å². The normalized spacial score (nSPS) is 29.9. The fourth-order valence-electron chi connectivity index (χ4n) is 3.42. The van der Waals surface area contributed by atoms with E-state index in [1.807, 2.05) is 6.07 Å². The predicted molar refractivity (Wildman–Crippen MR) is 83.4 cm³/mol. The van der Waals surface area contributed by atoms with Crippen molar-refractivity contribution in [1.82, 2.24) is 10.2 Å². The molecule has 1 aromatic carbocycles. The lowest BCUT2D eigenvalue weighted by molar-refractivity contribution is -0.141. The van der Waals surface area contributed by atoms with Gasteiger partial charge < -0.3 is 10.2 Å². The van der Waals surface area contributed by atoms with Gasteiger partial charge in [-0.1, -0.05) is 28.1 Å². The molecule has 0 saturated carbocycles. The van der Waals surface area contributed by atoms with Crippen molar-refractivity contribution >= 4 is 21.8 Å². The summed E-state index contributed by atoms with van der Waals surface area (Å²) in [6.45, 7) is 4.77. The highest BCUT2D eigenvalue weighted by Gasteiger charge is 2.42. The van der Waals surface area contributed by atoms with Crippen LogP contribution in [0.1, 0.15) is 37.8 Å². The van der Waals surface area contributed by atoms with Gasteiger partial charge in [-0.05, 0) is 50.4 Å². The molecule has 2 saturated heterocycles. The molecule has 0 aliphatic carbocycles. The number of rotatable bonds is 2. The Kier molecular flexibility index (Phi) is 3.87. The van der Waals surface area contributed by atoms with Gasteiger partial charge in [0.15, 0.2) is 0 Å². The molecular weight excluding hydrogens is 316 g/mol. The molecule has 1 aromatic rings. The summed E-state index contributed by atoms with van der Waals surface area (Å²) in [5.41, 5.74) is 1.04. The van der Waals surface area contributed by atoms with E-state index in [-0.39, 0.29) is 11.5 Å². The lowest BCUT2D eigenvalue weighted by Crippen LogP contribution is -2.43. The average Bonchev–Trinajstić information content (AvgIpc) is 3.07. The van der Waals surface area contributed by atoms with Crippen molar-refractivity contribution in [2.24, 2.45) is 5.41 Å². The van der Waals surface area contributed by atoms with Crippen molar-refractivity contribution in [2.45, 2.75) is 32.2 Å². The third-order valence-electron chi connectivity index (χ3n) is 4.63. The molecule has 0 radical (unpaired) electrons. The summed E-state index contributed by atoms with van der Waals surface area (Å²) in [5, 5.41) is 3.33. The van der Waals surface area contributed by atoms with Gasteiger partial charge in [-0.2, -0.15) is 0 Å². The first-order valence-electron chi connectivity index (χ1n) is 7.37. The van der Waals surface area contributed by atoms with E-state index < -0.39 is 0 Å². The van der Waals surface area contributed by atoms with Gasteiger partial charge >= 0.3 is 0 Å². The lowest BCUT2D eigenvalue weighted by Gasteiger charge is -2.32. The lowest BCUT2D eigenvalue weighted by atomic mass is 9.87. The quantitative estimate of drug-likeness (QED) is 0.899. The topological polar surface area (TPSA) is 32.3 Å². The summed E-state index contributed by atoms with van der Waals surface area (Å²) < 4.78 is 1.09. The van der Waals surface area contributed by atoms with E-state index in [4.69, 9.17) is 0 Å². The maximum Gasteiger partial charge on any atom is 0.230 e. The first-order valence-corrected chi connectivity index (χ1v) is 8.17. The van der Waals surface area contributed by atoms with Gasteiger partial charge in [-0.15, -0.1) is 0 Å². The molecule has 0 bridgehead atoms. The highest BCUT2D eigenvalue weighted by atomic mass is 79.9. The zero-order valence-corrected chi connectivity index (χ0v) is 13.4. The van der Waals surface area contributed by atoms with Crippen LogP contribution in [0.25, 0.3) is 0 Å². The number of carbonyl (C=O) groups excluding carboxylic acids is 1. The Balaban J connectivity index is 1.84. The second kappa shape index (κ2) is 5.49. The summed E-state index contributed by atoms with van der Waals surface area (Å²) in [6, 6.07) is 8.62. The van der Waals surface area contributed by atoms with Crippen molar-refractivity contribution in [3.8, 4) is 0 Å². The van der Waals surface area contributed by atoms with Crippen LogP contribution in [0.15, 0.2) is 28.7 Å². The minimum Gasteiger partial charge on any atom is -0.335 e. The third-order valence-corrected chi connectivity index (χ3v) is 5.13. The van der Waals surface area contributed by atoms with Crippen molar-refractivity contribution in [2.75, 3.05) is 19.6 Å². The zero-order valence-electron chi connectivity index (χ0n) is 11.9. The van der Waals surface area contributed by atoms with E-state index in [1.165, 1.54) is 5.56 Å². The van der Waals surface area contributed by atoms with Crippen molar-refractivity contribution in [3.63, 3.8) is 0 Å². The SMILES string of the molecule is CC1(C(=O)N2CCCC2c2cccc(Br)c2)CCNC1. The second-order valence-electron chi connectivity index (χ2n) is 6.20. The van der Waals surface area contributed by atoms with Crippen LogP contribution in [0, 0.1) is 5.41 Å². The maximum absolute atomic E-state index is 12.9. The van der Waals surface area contributed by atoms with E-state index in [0.717, 1.165) is 43.4 Å². The highest BCUT2D eigenvalue weighted by Crippen LogP contribution is 2.38. The number of amides is 1. The van der Waals surface area contributed by atoms with Crippen molar-refractivity contribution in [1.29, 1.82) is 0 Å². The van der Waals surface area contributed by atoms with Gasteiger partial charge in [0.1, 0.15) is 0 Å². The number of nitrogens with zero attached hydrogens (tertiary/aromatic N) is 1. The minimum absolute atomic E-state index is 0.214. The van der Waals surface area contributed by atoms with Gasteiger partial charge in [0.25, 0.3) is 0 Å². The molecule has 1 amide bonds. The van der Waals surface area contributed by atoms with E-state index in [9.17, 15) is 4.79 Å². The van der Waals surface area contributed by atoms with Gasteiger partial charge in [-0.25, -0.2) is 0 Å². The van der Waals surface area contributed by atoms with E-state index in [2.05, 4.69) is 51.3 Å². The Morgan fingerprint density at radius 2 is 2.35 bits per heavy atom. The molecule has 0 spiro atoms. The summed E-state index contributed by atoms with van der Waals surface area (Å²) in [7, 11) is 0. The predicted octanol–water partition coefficient (Wildman–Crippen LogP) is 3.11. The van der Waals surface area contributed by atoms with Crippen LogP contribution in [-0.4, -0.2) is 30.4 Å². The van der Waals surface area contributed by atoms with E-state index in [1.54, 1.807) is 0 Å². The van der Waals surface area contributed by atoms with Crippen LogP contribution in [0.2, 0.25) is 0 Å². The smallest absolute Gasteiger partial charge is 0.230 e. The van der Waals surface area contributed by atoms with Gasteiger partial charge in [-0.3, -0.25) is 4.79 Å². The number of hydrogen-bond acceptors (Lipinski definition) is 2. The van der Waals surface area contributed by atoms with Crippen LogP contribution in [0.4, 0.5) is 0 Å². The van der Waals surface area contributed by atoms with Crippen LogP contribution in [0.5, 0.6) is 0 Å². The third kappa shape index (κ3) is 2.51. The van der Waals surface area contributed by atoms with Crippen LogP contribution in [0.3, 0.4) is 0 Å². The van der Waals surface area contributed by atoms with E-state index in [0.29, 0.717) is 5.91 Å². The molecule has 2 aliphatic heterocycles. The van der Waals surface area contributed by atoms with Gasteiger partial charge in [0.05, 0.1) is 11.5 Å². The number of nitrogens with one attached hydrogen (secondary N) is 1. The summed E-state index contributed by atoms with van der Waals surface area (Å²) in [4.78, 5) is 15.0. The Labute approximate surface area is 128 Å². The maximum atomic E-state index is 12.9. The average molecular weight is 337 g/mol. The molecule has 3 nitrogen and oxygen atoms in total. The fraction of sp³-hybridized carbons (Fsp3) is 0.562. The largest absolute Gasteiger partial charge is 0.335 e. The number of halogens is 1. The number of carbonyl (C=O) groups is 1. The van der Waals surface area contributed by atoms with Crippen molar-refractivity contribution in [3.05, 3.63) is 34.3 Å². The molecular formula is C16H21BrN2O. The van der Waals surface area contributed by atoms with E-state index >= 15 is 0 Å². The summed E-state index contributed by atoms with van der Waals surface area (Å²) in [5.74, 6) is 0.324. The summed E-state index contributed by atoms with van der Waals surface area (Å²) in [6.07, 6.45) is 3.13. The van der Waals surface area contributed by atoms with Crippen LogP contribution >= 0.6 is 15.9 Å². The molecule has 4 heteroatoms. The molecule has 2 atom stereocenters. The molecule has 108 valence electrons. The number of benzene rings is 1. The number of likely N-dealkylation sites (tertiary alicyclic amines) is 1. The van der Waals surface area contributed by atoms with Gasteiger partial charge in [0, 0.05) is 17.6 Å². The first-order chi connectivity index (χ1) is 9.60. The first kappa shape index (κ1) is 14.1. The molecule has 2 aliphatic rings. The highest BCUT2D eigenvalue weighted by molar-refractivity contribution is 9.10.